The SMILES string of the molecule is C=C(c1nc(N)c2c(n1)NC(=O)C2(C)C(=C)O/C=C(\CC)CC(C)(C)C(=O)O)c1ccc(Cl)cc1C(C)C.CC.CCCC(F)(F)C(F)(F)F. The summed E-state index contributed by atoms with van der Waals surface area (Å²) in [5.41, 5.74) is 7.58. The van der Waals surface area contributed by atoms with Crippen molar-refractivity contribution in [3.05, 3.63) is 76.5 Å². The second-order valence-electron chi connectivity index (χ2n) is 12.6. The van der Waals surface area contributed by atoms with Crippen LogP contribution in [-0.2, 0) is 19.7 Å². The van der Waals surface area contributed by atoms with Gasteiger partial charge in [0, 0.05) is 17.0 Å². The number of ether oxygens (including phenoxy) is 1. The van der Waals surface area contributed by atoms with E-state index >= 15 is 0 Å². The summed E-state index contributed by atoms with van der Waals surface area (Å²) < 4.78 is 63.3. The van der Waals surface area contributed by atoms with Gasteiger partial charge < -0.3 is 20.9 Å². The molecule has 8 nitrogen and oxygen atoms in total. The molecule has 0 spiro atoms. The number of nitrogen functional groups attached to an aromatic ring is 1. The molecule has 1 aromatic heterocycles. The zero-order chi connectivity index (χ0) is 39.0. The van der Waals surface area contributed by atoms with Crippen LogP contribution in [0.2, 0.25) is 5.02 Å². The number of benzene rings is 1. The molecule has 0 saturated carbocycles. The highest BCUT2D eigenvalue weighted by Crippen LogP contribution is 2.45. The molecular formula is C36H48ClF5N4O4. The first-order valence-electron chi connectivity index (χ1n) is 16.1. The first kappa shape index (κ1) is 44.0. The Balaban J connectivity index is 0.000000895. The van der Waals surface area contributed by atoms with Crippen LogP contribution in [0.1, 0.15) is 116 Å². The highest BCUT2D eigenvalue weighted by atomic mass is 35.5. The van der Waals surface area contributed by atoms with Gasteiger partial charge in [-0.1, -0.05) is 78.8 Å². The van der Waals surface area contributed by atoms with Crippen molar-refractivity contribution in [2.24, 2.45) is 5.41 Å². The lowest BCUT2D eigenvalue weighted by atomic mass is 9.82. The van der Waals surface area contributed by atoms with Crippen molar-refractivity contribution >= 4 is 40.7 Å². The minimum Gasteiger partial charge on any atom is -0.481 e. The fourth-order valence-corrected chi connectivity index (χ4v) is 5.02. The van der Waals surface area contributed by atoms with Crippen molar-refractivity contribution in [1.29, 1.82) is 0 Å². The Kier molecular flexibility index (Phi) is 15.2. The van der Waals surface area contributed by atoms with E-state index in [0.29, 0.717) is 22.6 Å². The van der Waals surface area contributed by atoms with Crippen LogP contribution in [0.4, 0.5) is 33.6 Å². The van der Waals surface area contributed by atoms with Crippen LogP contribution in [0.15, 0.2) is 49.0 Å². The van der Waals surface area contributed by atoms with Gasteiger partial charge in [-0.25, -0.2) is 9.97 Å². The maximum atomic E-state index is 13.2. The Hall–Kier alpha value is -4.00. The van der Waals surface area contributed by atoms with E-state index in [4.69, 9.17) is 22.1 Å². The highest BCUT2D eigenvalue weighted by Gasteiger charge is 2.56. The lowest BCUT2D eigenvalue weighted by Crippen LogP contribution is -2.35. The number of rotatable bonds is 12. The van der Waals surface area contributed by atoms with Crippen molar-refractivity contribution < 1.29 is 41.4 Å². The number of fused-ring (bicyclic) bond motifs is 1. The van der Waals surface area contributed by atoms with Crippen LogP contribution in [0.3, 0.4) is 0 Å². The molecule has 278 valence electrons. The second-order valence-corrected chi connectivity index (χ2v) is 13.0. The third-order valence-corrected chi connectivity index (χ3v) is 8.20. The van der Waals surface area contributed by atoms with Gasteiger partial charge in [-0.3, -0.25) is 9.59 Å². The molecule has 1 aromatic carbocycles. The summed E-state index contributed by atoms with van der Waals surface area (Å²) in [4.78, 5) is 33.8. The van der Waals surface area contributed by atoms with Gasteiger partial charge in [-0.15, -0.1) is 0 Å². The number of alkyl halides is 5. The Bertz CT molecular complexity index is 1610. The average Bonchev–Trinajstić information content (AvgIpc) is 3.29. The fraction of sp³-hybridized carbons (Fsp3) is 0.500. The molecule has 0 bridgehead atoms. The molecule has 0 aliphatic carbocycles. The summed E-state index contributed by atoms with van der Waals surface area (Å²) in [7, 11) is 0. The molecule has 2 heterocycles. The number of hydrogen-bond acceptors (Lipinski definition) is 6. The molecule has 14 heteroatoms. The van der Waals surface area contributed by atoms with Gasteiger partial charge in [0.05, 0.1) is 17.2 Å². The summed E-state index contributed by atoms with van der Waals surface area (Å²) in [6.45, 7) is 24.4. The number of amides is 1. The van der Waals surface area contributed by atoms with Crippen molar-refractivity contribution in [2.75, 3.05) is 11.1 Å². The highest BCUT2D eigenvalue weighted by molar-refractivity contribution is 6.30. The number of hydrogen-bond donors (Lipinski definition) is 3. The number of aromatic nitrogens is 2. The molecule has 1 amide bonds. The quantitative estimate of drug-likeness (QED) is 0.146. The zero-order valence-corrected chi connectivity index (χ0v) is 30.8. The number of carboxylic acids is 1. The lowest BCUT2D eigenvalue weighted by molar-refractivity contribution is -0.284. The van der Waals surface area contributed by atoms with Gasteiger partial charge in [-0.2, -0.15) is 22.0 Å². The number of carbonyl (C=O) groups excluding carboxylic acids is 1. The number of allylic oxidation sites excluding steroid dienone is 1. The third-order valence-electron chi connectivity index (χ3n) is 7.96. The minimum absolute atomic E-state index is 0.100. The van der Waals surface area contributed by atoms with E-state index in [-0.39, 0.29) is 42.0 Å². The molecule has 2 aromatic rings. The molecule has 0 fully saturated rings. The Morgan fingerprint density at radius 2 is 1.72 bits per heavy atom. The molecule has 3 rings (SSSR count). The van der Waals surface area contributed by atoms with Gasteiger partial charge in [0.2, 0.25) is 5.91 Å². The molecule has 1 aliphatic rings. The Morgan fingerprint density at radius 3 is 2.18 bits per heavy atom. The van der Waals surface area contributed by atoms with Gasteiger partial charge >= 0.3 is 18.1 Å². The van der Waals surface area contributed by atoms with Gasteiger partial charge in [0.1, 0.15) is 22.8 Å². The fourth-order valence-electron chi connectivity index (χ4n) is 4.84. The maximum absolute atomic E-state index is 13.2. The van der Waals surface area contributed by atoms with E-state index in [1.807, 2.05) is 32.9 Å². The number of aliphatic carboxylic acids is 1. The minimum atomic E-state index is -5.39. The zero-order valence-electron chi connectivity index (χ0n) is 30.0. The number of carbonyl (C=O) groups is 2. The summed E-state index contributed by atoms with van der Waals surface area (Å²) in [5.74, 6) is -4.89. The third kappa shape index (κ3) is 10.0. The Labute approximate surface area is 296 Å². The Morgan fingerprint density at radius 1 is 1.14 bits per heavy atom. The molecule has 1 aliphatic heterocycles. The number of nitrogens with zero attached hydrogens (tertiary/aromatic N) is 2. The predicted molar refractivity (Wildman–Crippen MR) is 188 cm³/mol. The largest absolute Gasteiger partial charge is 0.481 e. The number of anilines is 2. The molecular weight excluding hydrogens is 683 g/mol. The number of nitrogens with two attached hydrogens (primary N) is 1. The lowest BCUT2D eigenvalue weighted by Gasteiger charge is -2.25. The first-order chi connectivity index (χ1) is 22.9. The summed E-state index contributed by atoms with van der Waals surface area (Å²) in [6, 6.07) is 5.54. The molecule has 0 saturated heterocycles. The number of halogens is 6. The van der Waals surface area contributed by atoms with E-state index < -0.39 is 41.2 Å². The molecule has 1 unspecified atom stereocenters. The van der Waals surface area contributed by atoms with Crippen molar-refractivity contribution in [3.63, 3.8) is 0 Å². The molecule has 0 radical (unpaired) electrons. The van der Waals surface area contributed by atoms with Gasteiger partial charge in [-0.05, 0) is 68.4 Å². The van der Waals surface area contributed by atoms with Crippen molar-refractivity contribution in [1.82, 2.24) is 9.97 Å². The maximum Gasteiger partial charge on any atom is 0.453 e. The molecule has 50 heavy (non-hydrogen) atoms. The predicted octanol–water partition coefficient (Wildman–Crippen LogP) is 10.4. The van der Waals surface area contributed by atoms with Crippen LogP contribution in [0.25, 0.3) is 5.57 Å². The van der Waals surface area contributed by atoms with E-state index in [2.05, 4.69) is 42.3 Å². The monoisotopic (exact) mass is 730 g/mol. The van der Waals surface area contributed by atoms with Crippen LogP contribution in [-0.4, -0.2) is 39.0 Å². The van der Waals surface area contributed by atoms with Crippen LogP contribution < -0.4 is 11.1 Å². The molecule has 4 N–H and O–H groups in total. The summed E-state index contributed by atoms with van der Waals surface area (Å²) >= 11 is 6.21. The normalized spacial score (nSPS) is 16.0. The number of nitrogens with one attached hydrogen (secondary N) is 1. The standard InChI is InChI=1S/C29H35ClN4O4.C5H7F5.C2H6/c1-9-18(13-28(6,7)27(36)37)14-38-17(5)29(8)22-23(31)32-24(33-25(22)34-26(29)35)16(4)20-11-10-19(30)12-21(20)15(2)3;1-2-3-4(6,7)5(8,9)10;1-2/h10-12,14-15H,4-5,9,13H2,1-3,6-8H3,(H,36,37)(H3,31,32,33,34,35);2-3H2,1H3;1-2H3/b18-14+;;. The van der Waals surface area contributed by atoms with E-state index in [0.717, 1.165) is 16.7 Å². The van der Waals surface area contributed by atoms with Gasteiger partial charge in [0.25, 0.3) is 0 Å². The summed E-state index contributed by atoms with van der Waals surface area (Å²) in [5, 5.41) is 12.9. The van der Waals surface area contributed by atoms with Crippen molar-refractivity contribution in [3.8, 4) is 0 Å². The van der Waals surface area contributed by atoms with E-state index in [1.54, 1.807) is 26.8 Å². The second kappa shape index (κ2) is 17.3. The molecule has 1 atom stereocenters. The van der Waals surface area contributed by atoms with E-state index in [9.17, 15) is 36.6 Å². The van der Waals surface area contributed by atoms with Crippen LogP contribution in [0, 0.1) is 5.41 Å². The number of carboxylic acid groups (broad SMARTS) is 1. The summed E-state index contributed by atoms with van der Waals surface area (Å²) in [6.07, 6.45) is -4.37. The van der Waals surface area contributed by atoms with E-state index in [1.165, 1.54) is 13.2 Å². The first-order valence-corrected chi connectivity index (χ1v) is 16.5. The van der Waals surface area contributed by atoms with Crippen molar-refractivity contribution in [2.45, 2.75) is 111 Å². The topological polar surface area (TPSA) is 127 Å². The smallest absolute Gasteiger partial charge is 0.453 e. The van der Waals surface area contributed by atoms with Crippen LogP contribution >= 0.6 is 11.6 Å². The van der Waals surface area contributed by atoms with Crippen LogP contribution in [0.5, 0.6) is 0 Å². The van der Waals surface area contributed by atoms with Gasteiger partial charge in [0.15, 0.2) is 5.82 Å². The average molecular weight is 731 g/mol.